The number of nitro groups is 1. The van der Waals surface area contributed by atoms with E-state index in [9.17, 15) is 26.9 Å². The molecule has 0 atom stereocenters. The number of nitrogens with zero attached hydrogens (tertiary/aromatic N) is 3. The molecule has 3 rings (SSSR count). The Hall–Kier alpha value is -2.34. The quantitative estimate of drug-likeness (QED) is 0.533. The van der Waals surface area contributed by atoms with E-state index in [0.29, 0.717) is 5.56 Å². The summed E-state index contributed by atoms with van der Waals surface area (Å²) in [5.41, 5.74) is 0.948. The highest BCUT2D eigenvalue weighted by molar-refractivity contribution is 7.90. The topological polar surface area (TPSA) is 118 Å². The molecular weight excluding hydrogens is 406 g/mol. The molecule has 0 aliphatic carbocycles. The first kappa shape index (κ1) is 20.4. The molecule has 0 saturated carbocycles. The smallest absolute Gasteiger partial charge is 0.258 e. The normalized spacial score (nSPS) is 16.4. The number of hydrogen-bond acceptors (Lipinski definition) is 6. The van der Waals surface area contributed by atoms with Crippen LogP contribution in [0.4, 0.5) is 5.69 Å². The zero-order valence-electron chi connectivity index (χ0n) is 15.3. The molecule has 0 spiro atoms. The third-order valence-electron chi connectivity index (χ3n) is 4.59. The largest absolute Gasteiger partial charge is 0.273 e. The lowest BCUT2D eigenvalue weighted by Gasteiger charge is -2.18. The SMILES string of the molecule is Cc1ccc(S(=O)(=O)N2CCN(S(=O)(=O)c3ccc(C)c([N+](=O)[O-])c3)C2)cc1. The first-order chi connectivity index (χ1) is 13.0. The van der Waals surface area contributed by atoms with Crippen molar-refractivity contribution in [3.63, 3.8) is 0 Å². The third kappa shape index (κ3) is 3.65. The van der Waals surface area contributed by atoms with Gasteiger partial charge in [-0.1, -0.05) is 23.8 Å². The second-order valence-corrected chi connectivity index (χ2v) is 10.4. The third-order valence-corrected chi connectivity index (χ3v) is 8.26. The maximum Gasteiger partial charge on any atom is 0.273 e. The Kier molecular flexibility index (Phi) is 5.28. The van der Waals surface area contributed by atoms with Gasteiger partial charge >= 0.3 is 0 Å². The van der Waals surface area contributed by atoms with Crippen molar-refractivity contribution in [2.24, 2.45) is 0 Å². The first-order valence-electron chi connectivity index (χ1n) is 8.35. The summed E-state index contributed by atoms with van der Waals surface area (Å²) in [6.45, 7) is 2.97. The van der Waals surface area contributed by atoms with Gasteiger partial charge in [-0.2, -0.15) is 8.61 Å². The van der Waals surface area contributed by atoms with E-state index in [1.807, 2.05) is 6.92 Å². The summed E-state index contributed by atoms with van der Waals surface area (Å²) in [6, 6.07) is 9.95. The van der Waals surface area contributed by atoms with Gasteiger partial charge in [0, 0.05) is 24.7 Å². The summed E-state index contributed by atoms with van der Waals surface area (Å²) in [6.07, 6.45) is 0. The number of aryl methyl sites for hydroxylation is 2. The van der Waals surface area contributed by atoms with Crippen LogP contribution in [-0.4, -0.2) is 50.1 Å². The second-order valence-electron chi connectivity index (χ2n) is 6.52. The molecule has 150 valence electrons. The second kappa shape index (κ2) is 7.24. The number of sulfonamides is 2. The van der Waals surface area contributed by atoms with Crippen molar-refractivity contribution < 1.29 is 21.8 Å². The van der Waals surface area contributed by atoms with Gasteiger partial charge in [0.25, 0.3) is 5.69 Å². The maximum atomic E-state index is 12.9. The van der Waals surface area contributed by atoms with E-state index in [0.717, 1.165) is 20.2 Å². The molecule has 2 aromatic carbocycles. The molecule has 1 aliphatic rings. The summed E-state index contributed by atoms with van der Waals surface area (Å²) in [7, 11) is -7.91. The minimum Gasteiger partial charge on any atom is -0.258 e. The Morgan fingerprint density at radius 3 is 1.89 bits per heavy atom. The molecule has 2 aromatic rings. The van der Waals surface area contributed by atoms with Crippen molar-refractivity contribution in [1.82, 2.24) is 8.61 Å². The number of hydrogen-bond donors (Lipinski definition) is 0. The van der Waals surface area contributed by atoms with E-state index < -0.39 is 25.0 Å². The Morgan fingerprint density at radius 1 is 0.857 bits per heavy atom. The average Bonchev–Trinajstić information content (AvgIpc) is 3.14. The van der Waals surface area contributed by atoms with Crippen LogP contribution < -0.4 is 0 Å². The van der Waals surface area contributed by atoms with Crippen LogP contribution >= 0.6 is 0 Å². The minimum atomic E-state index is -4.07. The fraction of sp³-hybridized carbons (Fsp3) is 0.294. The van der Waals surface area contributed by atoms with Gasteiger partial charge in [0.2, 0.25) is 20.0 Å². The highest BCUT2D eigenvalue weighted by atomic mass is 32.2. The van der Waals surface area contributed by atoms with E-state index in [1.54, 1.807) is 12.1 Å². The molecule has 1 heterocycles. The summed E-state index contributed by atoms with van der Waals surface area (Å²) in [5, 5.41) is 11.1. The van der Waals surface area contributed by atoms with Crippen LogP contribution in [-0.2, 0) is 20.0 Å². The van der Waals surface area contributed by atoms with E-state index in [4.69, 9.17) is 0 Å². The Labute approximate surface area is 163 Å². The zero-order chi connectivity index (χ0) is 20.7. The molecule has 0 radical (unpaired) electrons. The van der Waals surface area contributed by atoms with Crippen LogP contribution in [0.1, 0.15) is 11.1 Å². The van der Waals surface area contributed by atoms with Crippen LogP contribution in [0.25, 0.3) is 0 Å². The predicted octanol–water partition coefficient (Wildman–Crippen LogP) is 1.86. The lowest BCUT2D eigenvalue weighted by molar-refractivity contribution is -0.385. The van der Waals surface area contributed by atoms with E-state index in [-0.39, 0.29) is 35.2 Å². The highest BCUT2D eigenvalue weighted by Gasteiger charge is 2.38. The Balaban J connectivity index is 1.88. The molecule has 1 fully saturated rings. The molecule has 1 aliphatic heterocycles. The van der Waals surface area contributed by atoms with Crippen molar-refractivity contribution in [3.8, 4) is 0 Å². The molecule has 28 heavy (non-hydrogen) atoms. The summed E-state index contributed by atoms with van der Waals surface area (Å²) >= 11 is 0. The van der Waals surface area contributed by atoms with Crippen molar-refractivity contribution in [2.45, 2.75) is 23.6 Å². The standard InChI is InChI=1S/C17H19N3O6S2/c1-13-3-6-15(7-4-13)27(23,24)18-9-10-19(12-18)28(25,26)16-8-5-14(2)17(11-16)20(21)22/h3-8,11H,9-10,12H2,1-2H3. The summed E-state index contributed by atoms with van der Waals surface area (Å²) < 4.78 is 53.3. The van der Waals surface area contributed by atoms with E-state index in [2.05, 4.69) is 0 Å². The van der Waals surface area contributed by atoms with E-state index in [1.165, 1.54) is 31.2 Å². The molecule has 0 aromatic heterocycles. The van der Waals surface area contributed by atoms with Crippen molar-refractivity contribution in [2.75, 3.05) is 19.8 Å². The average molecular weight is 425 g/mol. The van der Waals surface area contributed by atoms with Gasteiger partial charge in [0.05, 0.1) is 21.4 Å². The van der Waals surface area contributed by atoms with Crippen molar-refractivity contribution >= 4 is 25.7 Å². The minimum absolute atomic E-state index is 0.00337. The highest BCUT2D eigenvalue weighted by Crippen LogP contribution is 2.27. The van der Waals surface area contributed by atoms with Gasteiger partial charge in [-0.15, -0.1) is 0 Å². The number of benzene rings is 2. The van der Waals surface area contributed by atoms with Gasteiger partial charge in [-0.3, -0.25) is 10.1 Å². The monoisotopic (exact) mass is 425 g/mol. The Bertz CT molecular complexity index is 1130. The summed E-state index contributed by atoms with van der Waals surface area (Å²) in [5.74, 6) is 0. The fourth-order valence-electron chi connectivity index (χ4n) is 2.89. The van der Waals surface area contributed by atoms with Gasteiger partial charge in [0.1, 0.15) is 0 Å². The predicted molar refractivity (Wildman–Crippen MR) is 102 cm³/mol. The molecule has 0 amide bonds. The molecule has 0 bridgehead atoms. The van der Waals surface area contributed by atoms with E-state index >= 15 is 0 Å². The van der Waals surface area contributed by atoms with Gasteiger partial charge in [-0.05, 0) is 32.0 Å². The lowest BCUT2D eigenvalue weighted by Crippen LogP contribution is -2.34. The van der Waals surface area contributed by atoms with Crippen LogP contribution in [0.3, 0.4) is 0 Å². The van der Waals surface area contributed by atoms with Gasteiger partial charge in [-0.25, -0.2) is 16.8 Å². The van der Waals surface area contributed by atoms with Crippen LogP contribution in [0, 0.1) is 24.0 Å². The van der Waals surface area contributed by atoms with Gasteiger partial charge < -0.3 is 0 Å². The Morgan fingerprint density at radius 2 is 1.36 bits per heavy atom. The first-order valence-corrected chi connectivity index (χ1v) is 11.2. The fourth-order valence-corrected chi connectivity index (χ4v) is 5.76. The molecule has 0 unspecified atom stereocenters. The maximum absolute atomic E-state index is 12.9. The molecule has 0 N–H and O–H groups in total. The van der Waals surface area contributed by atoms with Crippen LogP contribution in [0.5, 0.6) is 0 Å². The van der Waals surface area contributed by atoms with Gasteiger partial charge in [0.15, 0.2) is 0 Å². The lowest BCUT2D eigenvalue weighted by atomic mass is 10.2. The number of nitro benzene ring substituents is 1. The zero-order valence-corrected chi connectivity index (χ0v) is 16.9. The molecule has 11 heteroatoms. The number of rotatable bonds is 5. The molecule has 9 nitrogen and oxygen atoms in total. The summed E-state index contributed by atoms with van der Waals surface area (Å²) in [4.78, 5) is 10.3. The van der Waals surface area contributed by atoms with Crippen molar-refractivity contribution in [1.29, 1.82) is 0 Å². The molecule has 1 saturated heterocycles. The van der Waals surface area contributed by atoms with Crippen LogP contribution in [0.15, 0.2) is 52.3 Å². The van der Waals surface area contributed by atoms with Crippen LogP contribution in [0.2, 0.25) is 0 Å². The molecular formula is C17H19N3O6S2. The van der Waals surface area contributed by atoms with Crippen molar-refractivity contribution in [3.05, 3.63) is 63.7 Å².